The van der Waals surface area contributed by atoms with Gasteiger partial charge in [-0.25, -0.2) is 10.4 Å². The van der Waals surface area contributed by atoms with Crippen LogP contribution in [0.4, 0.5) is 13.2 Å². The molecule has 2 rings (SSSR count). The summed E-state index contributed by atoms with van der Waals surface area (Å²) in [6.07, 6.45) is -3.06. The number of H-pyrrole nitrogens is 1. The second kappa shape index (κ2) is 4.75. The van der Waals surface area contributed by atoms with Crippen molar-refractivity contribution in [1.29, 1.82) is 0 Å². The number of nitrogens with zero attached hydrogens (tertiary/aromatic N) is 2. The maximum atomic E-state index is 12.4. The number of aromatic amines is 1. The maximum absolute atomic E-state index is 12.4. The summed E-state index contributed by atoms with van der Waals surface area (Å²) >= 11 is 0. The van der Waals surface area contributed by atoms with Crippen LogP contribution in [-0.4, -0.2) is 15.2 Å². The quantitative estimate of drug-likeness (QED) is 0.573. The van der Waals surface area contributed by atoms with E-state index in [2.05, 4.69) is 20.6 Å². The Bertz CT molecular complexity index is 491. The summed E-state index contributed by atoms with van der Waals surface area (Å²) < 4.78 is 37.2. The summed E-state index contributed by atoms with van der Waals surface area (Å²) in [5.74, 6) is 5.79. The van der Waals surface area contributed by atoms with Gasteiger partial charge in [0.15, 0.2) is 0 Å². The Labute approximate surface area is 100 Å². The fourth-order valence-corrected chi connectivity index (χ4v) is 1.55. The standard InChI is InChI=1S/C10H10F3N5/c11-10(12,13)7-3-1-6(2-4-7)8(17-14)9-15-5-16-18-9/h1-5,8,17H,14H2,(H,15,16,18). The number of aromatic nitrogens is 3. The Morgan fingerprint density at radius 1 is 1.22 bits per heavy atom. The minimum atomic E-state index is -4.35. The molecule has 0 saturated carbocycles. The first kappa shape index (κ1) is 12.5. The van der Waals surface area contributed by atoms with Gasteiger partial charge in [-0.1, -0.05) is 12.1 Å². The largest absolute Gasteiger partial charge is 0.416 e. The summed E-state index contributed by atoms with van der Waals surface area (Å²) in [6, 6.07) is 4.15. The molecule has 0 aliphatic heterocycles. The lowest BCUT2D eigenvalue weighted by molar-refractivity contribution is -0.137. The fourth-order valence-electron chi connectivity index (χ4n) is 1.55. The van der Waals surface area contributed by atoms with E-state index >= 15 is 0 Å². The van der Waals surface area contributed by atoms with E-state index in [0.29, 0.717) is 11.4 Å². The van der Waals surface area contributed by atoms with E-state index in [1.807, 2.05) is 0 Å². The van der Waals surface area contributed by atoms with E-state index in [9.17, 15) is 13.2 Å². The van der Waals surface area contributed by atoms with Crippen molar-refractivity contribution < 1.29 is 13.2 Å². The van der Waals surface area contributed by atoms with Crippen molar-refractivity contribution in [2.75, 3.05) is 0 Å². The molecule has 0 radical (unpaired) electrons. The molecule has 4 N–H and O–H groups in total. The average molecular weight is 257 g/mol. The molecule has 96 valence electrons. The SMILES string of the molecule is NNC(c1ccc(C(F)(F)F)cc1)c1ncn[nH]1. The van der Waals surface area contributed by atoms with Gasteiger partial charge in [0.1, 0.15) is 18.2 Å². The topological polar surface area (TPSA) is 79.6 Å². The lowest BCUT2D eigenvalue weighted by Crippen LogP contribution is -2.29. The average Bonchev–Trinajstić information content (AvgIpc) is 2.83. The first-order valence-electron chi connectivity index (χ1n) is 5.01. The highest BCUT2D eigenvalue weighted by atomic mass is 19.4. The number of benzene rings is 1. The first-order chi connectivity index (χ1) is 8.52. The Morgan fingerprint density at radius 2 is 1.89 bits per heavy atom. The molecule has 0 saturated heterocycles. The zero-order chi connectivity index (χ0) is 13.2. The molecule has 0 aliphatic rings. The molecule has 0 fully saturated rings. The normalized spacial score (nSPS) is 13.6. The van der Waals surface area contributed by atoms with E-state index in [1.54, 1.807) is 0 Å². The highest BCUT2D eigenvalue weighted by Gasteiger charge is 2.30. The molecule has 1 heterocycles. The van der Waals surface area contributed by atoms with Crippen LogP contribution in [0.15, 0.2) is 30.6 Å². The lowest BCUT2D eigenvalue weighted by atomic mass is 10.0. The van der Waals surface area contributed by atoms with Crippen molar-refractivity contribution in [3.63, 3.8) is 0 Å². The molecule has 1 atom stereocenters. The molecular weight excluding hydrogens is 247 g/mol. The predicted molar refractivity (Wildman–Crippen MR) is 57.0 cm³/mol. The first-order valence-corrected chi connectivity index (χ1v) is 5.01. The van der Waals surface area contributed by atoms with Crippen molar-refractivity contribution in [2.24, 2.45) is 5.84 Å². The third-order valence-electron chi connectivity index (χ3n) is 2.45. The van der Waals surface area contributed by atoms with Gasteiger partial charge in [0.05, 0.1) is 5.56 Å². The lowest BCUT2D eigenvalue weighted by Gasteiger charge is -2.14. The zero-order valence-electron chi connectivity index (χ0n) is 9.07. The van der Waals surface area contributed by atoms with Gasteiger partial charge in [0.25, 0.3) is 0 Å². The molecule has 0 amide bonds. The molecule has 18 heavy (non-hydrogen) atoms. The summed E-state index contributed by atoms with van der Waals surface area (Å²) in [7, 11) is 0. The van der Waals surface area contributed by atoms with Gasteiger partial charge in [0.2, 0.25) is 0 Å². The molecule has 1 aromatic carbocycles. The van der Waals surface area contributed by atoms with Gasteiger partial charge in [-0.2, -0.15) is 18.3 Å². The molecular formula is C10H10F3N5. The summed E-state index contributed by atoms with van der Waals surface area (Å²) in [5, 5.41) is 6.27. The minimum absolute atomic E-state index is 0.428. The van der Waals surface area contributed by atoms with Crippen molar-refractivity contribution >= 4 is 0 Å². The Hall–Kier alpha value is -1.93. The molecule has 2 aromatic rings. The van der Waals surface area contributed by atoms with Crippen LogP contribution in [-0.2, 0) is 6.18 Å². The van der Waals surface area contributed by atoms with Gasteiger partial charge in [-0.05, 0) is 17.7 Å². The summed E-state index contributed by atoms with van der Waals surface area (Å²) in [4.78, 5) is 3.90. The van der Waals surface area contributed by atoms with E-state index in [-0.39, 0.29) is 0 Å². The molecule has 8 heteroatoms. The van der Waals surface area contributed by atoms with Crippen molar-refractivity contribution in [3.8, 4) is 0 Å². The molecule has 1 aromatic heterocycles. The van der Waals surface area contributed by atoms with Gasteiger partial charge >= 0.3 is 6.18 Å². The molecule has 5 nitrogen and oxygen atoms in total. The van der Waals surface area contributed by atoms with Crippen LogP contribution in [0.2, 0.25) is 0 Å². The van der Waals surface area contributed by atoms with Crippen molar-refractivity contribution in [1.82, 2.24) is 20.6 Å². The van der Waals surface area contributed by atoms with Crippen LogP contribution < -0.4 is 11.3 Å². The van der Waals surface area contributed by atoms with Crippen LogP contribution in [0.1, 0.15) is 23.0 Å². The van der Waals surface area contributed by atoms with Gasteiger partial charge < -0.3 is 0 Å². The Morgan fingerprint density at radius 3 is 2.33 bits per heavy atom. The number of nitrogens with two attached hydrogens (primary N) is 1. The van der Waals surface area contributed by atoms with Gasteiger partial charge in [0, 0.05) is 0 Å². The highest BCUT2D eigenvalue weighted by Crippen LogP contribution is 2.30. The van der Waals surface area contributed by atoms with Crippen LogP contribution in [0.25, 0.3) is 0 Å². The second-order valence-electron chi connectivity index (χ2n) is 3.59. The van der Waals surface area contributed by atoms with Crippen LogP contribution >= 0.6 is 0 Å². The monoisotopic (exact) mass is 257 g/mol. The molecule has 0 spiro atoms. The Balaban J connectivity index is 2.28. The number of hydrogen-bond donors (Lipinski definition) is 3. The van der Waals surface area contributed by atoms with Crippen LogP contribution in [0, 0.1) is 0 Å². The summed E-state index contributed by atoms with van der Waals surface area (Å²) in [5.41, 5.74) is 2.31. The van der Waals surface area contributed by atoms with E-state index in [4.69, 9.17) is 5.84 Å². The van der Waals surface area contributed by atoms with E-state index in [0.717, 1.165) is 12.1 Å². The highest BCUT2D eigenvalue weighted by molar-refractivity contribution is 5.29. The third kappa shape index (κ3) is 2.49. The van der Waals surface area contributed by atoms with Crippen molar-refractivity contribution in [3.05, 3.63) is 47.5 Å². The molecule has 1 unspecified atom stereocenters. The number of hydrazine groups is 1. The van der Waals surface area contributed by atoms with Crippen LogP contribution in [0.5, 0.6) is 0 Å². The fraction of sp³-hybridized carbons (Fsp3) is 0.200. The predicted octanol–water partition coefficient (Wildman–Crippen LogP) is 1.38. The maximum Gasteiger partial charge on any atom is 0.416 e. The summed E-state index contributed by atoms with van der Waals surface area (Å²) in [6.45, 7) is 0. The van der Waals surface area contributed by atoms with E-state index < -0.39 is 17.8 Å². The number of rotatable bonds is 3. The van der Waals surface area contributed by atoms with Crippen LogP contribution in [0.3, 0.4) is 0 Å². The number of hydrogen-bond acceptors (Lipinski definition) is 4. The number of halogens is 3. The number of alkyl halides is 3. The zero-order valence-corrected chi connectivity index (χ0v) is 9.07. The Kier molecular flexibility index (Phi) is 3.30. The van der Waals surface area contributed by atoms with Crippen molar-refractivity contribution in [2.45, 2.75) is 12.2 Å². The minimum Gasteiger partial charge on any atom is -0.270 e. The van der Waals surface area contributed by atoms with Gasteiger partial charge in [-0.3, -0.25) is 10.9 Å². The van der Waals surface area contributed by atoms with Gasteiger partial charge in [-0.15, -0.1) is 0 Å². The number of nitrogens with one attached hydrogen (secondary N) is 2. The van der Waals surface area contributed by atoms with E-state index in [1.165, 1.54) is 18.5 Å². The molecule has 0 bridgehead atoms. The smallest absolute Gasteiger partial charge is 0.270 e. The second-order valence-corrected chi connectivity index (χ2v) is 3.59. The molecule has 0 aliphatic carbocycles. The third-order valence-corrected chi connectivity index (χ3v) is 2.45.